The Balaban J connectivity index is 1.09. The van der Waals surface area contributed by atoms with E-state index in [4.69, 9.17) is 9.72 Å². The molecule has 2 aromatic rings. The van der Waals surface area contributed by atoms with Gasteiger partial charge in [0.2, 0.25) is 5.91 Å². The maximum atomic E-state index is 12.8. The largest absolute Gasteiger partial charge is 0.480 e. The number of carboxylic acid groups (broad SMARTS) is 1. The van der Waals surface area contributed by atoms with Gasteiger partial charge in [-0.05, 0) is 74.8 Å². The average molecular weight is 507 g/mol. The van der Waals surface area contributed by atoms with E-state index in [0.29, 0.717) is 25.3 Å². The first-order chi connectivity index (χ1) is 17.8. The number of rotatable bonds is 10. The van der Waals surface area contributed by atoms with Gasteiger partial charge in [0.25, 0.3) is 0 Å². The summed E-state index contributed by atoms with van der Waals surface area (Å²) in [6, 6.07) is 9.17. The van der Waals surface area contributed by atoms with E-state index in [1.807, 2.05) is 36.9 Å². The molecule has 3 aliphatic heterocycles. The maximum absolute atomic E-state index is 12.8. The van der Waals surface area contributed by atoms with E-state index in [9.17, 15) is 14.7 Å². The topological polar surface area (TPSA) is 95.0 Å². The van der Waals surface area contributed by atoms with Crippen LogP contribution in [0.3, 0.4) is 0 Å². The molecule has 4 heterocycles. The molecule has 1 atom stereocenters. The number of carboxylic acids is 1. The summed E-state index contributed by atoms with van der Waals surface area (Å²) in [5.74, 6) is 0.155. The molecule has 8 nitrogen and oxygen atoms in total. The number of hydrogen-bond donors (Lipinski definition) is 2. The van der Waals surface area contributed by atoms with Gasteiger partial charge in [0.15, 0.2) is 0 Å². The number of anilines is 2. The summed E-state index contributed by atoms with van der Waals surface area (Å²) in [6.45, 7) is 6.60. The van der Waals surface area contributed by atoms with E-state index < -0.39 is 17.4 Å². The summed E-state index contributed by atoms with van der Waals surface area (Å²) >= 11 is 0. The molecule has 37 heavy (non-hydrogen) atoms. The SMILES string of the molecule is CN1C(=O)C(C)(C)c2c(C(C(=O)O)N3CC(OCCCCCc4ccc5c(n4)NCCC5)C3)cccc21. The molecule has 2 N–H and O–H groups in total. The van der Waals surface area contributed by atoms with E-state index in [2.05, 4.69) is 17.4 Å². The third-order valence-electron chi connectivity index (χ3n) is 8.05. The number of carbonyl (C=O) groups excluding carboxylic acids is 1. The number of likely N-dealkylation sites (N-methyl/N-ethyl adjacent to an activating group) is 1. The van der Waals surface area contributed by atoms with Gasteiger partial charge in [-0.1, -0.05) is 24.6 Å². The van der Waals surface area contributed by atoms with Crippen LogP contribution in [0, 0.1) is 0 Å². The molecule has 0 bridgehead atoms. The van der Waals surface area contributed by atoms with E-state index >= 15 is 0 Å². The van der Waals surface area contributed by atoms with E-state index in [-0.39, 0.29) is 12.0 Å². The Kier molecular flexibility index (Phi) is 7.23. The zero-order valence-electron chi connectivity index (χ0n) is 22.1. The second kappa shape index (κ2) is 10.4. The molecule has 0 aliphatic carbocycles. The standard InChI is InChI=1S/C29H38N4O4/c1-29(2)24-22(11-7-12-23(24)32(3)28(29)36)25(27(34)35)33-17-21(18-33)37-16-6-4-5-10-20-14-13-19-9-8-15-30-26(19)31-20/h7,11-14,21,25H,4-6,8-10,15-18H2,1-3H3,(H,30,31)(H,34,35). The zero-order chi connectivity index (χ0) is 26.2. The van der Waals surface area contributed by atoms with Crippen molar-refractivity contribution in [3.63, 3.8) is 0 Å². The lowest BCUT2D eigenvalue weighted by molar-refractivity contribution is -0.151. The highest BCUT2D eigenvalue weighted by Gasteiger charge is 2.47. The fraction of sp³-hybridized carbons (Fsp3) is 0.552. The van der Waals surface area contributed by atoms with E-state index in [1.165, 1.54) is 12.0 Å². The summed E-state index contributed by atoms with van der Waals surface area (Å²) in [7, 11) is 1.75. The molecule has 8 heteroatoms. The number of aryl methyl sites for hydroxylation is 2. The number of benzene rings is 1. The van der Waals surface area contributed by atoms with Gasteiger partial charge in [-0.3, -0.25) is 14.5 Å². The first-order valence-electron chi connectivity index (χ1n) is 13.5. The number of aromatic nitrogens is 1. The van der Waals surface area contributed by atoms with Crippen molar-refractivity contribution in [2.75, 3.05) is 43.5 Å². The number of carbonyl (C=O) groups is 2. The molecule has 1 aromatic heterocycles. The van der Waals surface area contributed by atoms with E-state index in [1.54, 1.807) is 11.9 Å². The third kappa shape index (κ3) is 4.97. The smallest absolute Gasteiger partial charge is 0.325 e. The quantitative estimate of drug-likeness (QED) is 0.472. The van der Waals surface area contributed by atoms with Crippen molar-refractivity contribution in [2.24, 2.45) is 0 Å². The second-order valence-electron chi connectivity index (χ2n) is 11.1. The van der Waals surface area contributed by atoms with Crippen molar-refractivity contribution in [3.05, 3.63) is 52.7 Å². The van der Waals surface area contributed by atoms with Gasteiger partial charge in [0, 0.05) is 44.7 Å². The Morgan fingerprint density at radius 1 is 1.22 bits per heavy atom. The van der Waals surface area contributed by atoms with Crippen molar-refractivity contribution >= 4 is 23.4 Å². The van der Waals surface area contributed by atoms with Gasteiger partial charge >= 0.3 is 5.97 Å². The van der Waals surface area contributed by atoms with Gasteiger partial charge in [-0.25, -0.2) is 4.98 Å². The second-order valence-corrected chi connectivity index (χ2v) is 11.1. The molecule has 1 unspecified atom stereocenters. The van der Waals surface area contributed by atoms with Gasteiger partial charge < -0.3 is 20.1 Å². The highest BCUT2D eigenvalue weighted by Crippen LogP contribution is 2.46. The van der Waals surface area contributed by atoms with Crippen LogP contribution in [0.5, 0.6) is 0 Å². The molecule has 1 amide bonds. The summed E-state index contributed by atoms with van der Waals surface area (Å²) in [6.07, 6.45) is 6.45. The van der Waals surface area contributed by atoms with Gasteiger partial charge in [-0.15, -0.1) is 0 Å². The number of aliphatic carboxylic acids is 1. The molecular formula is C29H38N4O4. The van der Waals surface area contributed by atoms with Gasteiger partial charge in [0.1, 0.15) is 11.9 Å². The minimum atomic E-state index is -0.893. The Hall–Kier alpha value is -2.97. The Bertz CT molecular complexity index is 1170. The molecule has 0 radical (unpaired) electrons. The van der Waals surface area contributed by atoms with E-state index in [0.717, 1.165) is 61.4 Å². The Labute approximate surface area is 219 Å². The average Bonchev–Trinajstić information content (AvgIpc) is 3.04. The number of ether oxygens (including phenoxy) is 1. The van der Waals surface area contributed by atoms with Crippen molar-refractivity contribution < 1.29 is 19.4 Å². The van der Waals surface area contributed by atoms with Gasteiger partial charge in [-0.2, -0.15) is 0 Å². The van der Waals surface area contributed by atoms with Crippen molar-refractivity contribution in [2.45, 2.75) is 69.9 Å². The lowest BCUT2D eigenvalue weighted by atomic mass is 9.80. The fourth-order valence-corrected chi connectivity index (χ4v) is 6.00. The minimum Gasteiger partial charge on any atom is -0.480 e. The van der Waals surface area contributed by atoms with Crippen molar-refractivity contribution in [1.29, 1.82) is 0 Å². The van der Waals surface area contributed by atoms with Crippen LogP contribution in [-0.4, -0.2) is 66.3 Å². The molecule has 198 valence electrons. The highest BCUT2D eigenvalue weighted by atomic mass is 16.5. The number of nitrogens with zero attached hydrogens (tertiary/aromatic N) is 3. The van der Waals surface area contributed by atoms with Crippen LogP contribution in [0.1, 0.15) is 68.0 Å². The first-order valence-corrected chi connectivity index (χ1v) is 13.5. The normalized spacial score (nSPS) is 19.6. The predicted octanol–water partition coefficient (Wildman–Crippen LogP) is 3.93. The molecule has 1 saturated heterocycles. The fourth-order valence-electron chi connectivity index (χ4n) is 6.00. The number of nitrogens with one attached hydrogen (secondary N) is 1. The molecule has 5 rings (SSSR count). The number of likely N-dealkylation sites (tertiary alicyclic amines) is 1. The van der Waals surface area contributed by atoms with Crippen LogP contribution in [0.15, 0.2) is 30.3 Å². The molecular weight excluding hydrogens is 468 g/mol. The van der Waals surface area contributed by atoms with Crippen molar-refractivity contribution in [3.8, 4) is 0 Å². The first kappa shape index (κ1) is 25.7. The lowest BCUT2D eigenvalue weighted by Crippen LogP contribution is -2.55. The van der Waals surface area contributed by atoms with Crippen LogP contribution in [0.2, 0.25) is 0 Å². The Morgan fingerprint density at radius 2 is 2.03 bits per heavy atom. The maximum Gasteiger partial charge on any atom is 0.325 e. The van der Waals surface area contributed by atoms with Crippen LogP contribution >= 0.6 is 0 Å². The summed E-state index contributed by atoms with van der Waals surface area (Å²) in [5, 5.41) is 13.5. The van der Waals surface area contributed by atoms with Crippen LogP contribution in [0.4, 0.5) is 11.5 Å². The molecule has 0 saturated carbocycles. The number of fused-ring (bicyclic) bond motifs is 2. The Morgan fingerprint density at radius 3 is 2.81 bits per heavy atom. The lowest BCUT2D eigenvalue weighted by Gasteiger charge is -2.43. The number of hydrogen-bond acceptors (Lipinski definition) is 6. The summed E-state index contributed by atoms with van der Waals surface area (Å²) in [5.41, 5.74) is 4.05. The van der Waals surface area contributed by atoms with Crippen molar-refractivity contribution in [1.82, 2.24) is 9.88 Å². The van der Waals surface area contributed by atoms with Gasteiger partial charge in [0.05, 0.1) is 11.5 Å². The number of pyridine rings is 1. The number of unbranched alkanes of at least 4 members (excludes halogenated alkanes) is 2. The molecule has 1 aromatic carbocycles. The zero-order valence-corrected chi connectivity index (χ0v) is 22.1. The third-order valence-corrected chi connectivity index (χ3v) is 8.05. The monoisotopic (exact) mass is 506 g/mol. The molecule has 3 aliphatic rings. The summed E-state index contributed by atoms with van der Waals surface area (Å²) in [4.78, 5) is 33.5. The molecule has 1 fully saturated rings. The minimum absolute atomic E-state index is 0.0111. The van der Waals surface area contributed by atoms with Crippen LogP contribution in [0.25, 0.3) is 0 Å². The summed E-state index contributed by atoms with van der Waals surface area (Å²) < 4.78 is 6.05. The van der Waals surface area contributed by atoms with Crippen LogP contribution in [-0.2, 0) is 32.6 Å². The predicted molar refractivity (Wildman–Crippen MR) is 143 cm³/mol. The number of amides is 1. The molecule has 0 spiro atoms. The van der Waals surface area contributed by atoms with Crippen LogP contribution < -0.4 is 10.2 Å². The highest BCUT2D eigenvalue weighted by molar-refractivity contribution is 6.08.